The highest BCUT2D eigenvalue weighted by Crippen LogP contribution is 2.19. The Morgan fingerprint density at radius 2 is 2.42 bits per heavy atom. The lowest BCUT2D eigenvalue weighted by Gasteiger charge is -2.03. The Labute approximate surface area is 72.0 Å². The van der Waals surface area contributed by atoms with Crippen LogP contribution in [0.3, 0.4) is 0 Å². The standard InChI is InChI=1S/C9H14O3/c1-2-3-7-6-8(4-5-10)12-9(7)11/h6,8,10H,2-5H2,1H3. The summed E-state index contributed by atoms with van der Waals surface area (Å²) in [5.41, 5.74) is 0.760. The summed E-state index contributed by atoms with van der Waals surface area (Å²) in [5.74, 6) is -0.213. The summed E-state index contributed by atoms with van der Waals surface area (Å²) in [7, 11) is 0. The van der Waals surface area contributed by atoms with Crippen LogP contribution in [0.2, 0.25) is 0 Å². The van der Waals surface area contributed by atoms with Gasteiger partial charge in [0, 0.05) is 18.6 Å². The number of esters is 1. The van der Waals surface area contributed by atoms with E-state index in [4.69, 9.17) is 9.84 Å². The smallest absolute Gasteiger partial charge is 0.334 e. The molecule has 0 fully saturated rings. The van der Waals surface area contributed by atoms with Crippen LogP contribution < -0.4 is 0 Å². The van der Waals surface area contributed by atoms with Gasteiger partial charge in [-0.1, -0.05) is 13.3 Å². The van der Waals surface area contributed by atoms with Crippen LogP contribution in [0.4, 0.5) is 0 Å². The fourth-order valence-electron chi connectivity index (χ4n) is 1.26. The average Bonchev–Trinajstić information content (AvgIpc) is 2.34. The number of ether oxygens (including phenoxy) is 1. The second kappa shape index (κ2) is 4.26. The first-order valence-corrected chi connectivity index (χ1v) is 4.30. The van der Waals surface area contributed by atoms with Crippen molar-refractivity contribution in [2.45, 2.75) is 32.3 Å². The first kappa shape index (κ1) is 9.26. The van der Waals surface area contributed by atoms with Gasteiger partial charge >= 0.3 is 5.97 Å². The molecule has 1 aliphatic rings. The highest BCUT2D eigenvalue weighted by atomic mass is 16.5. The van der Waals surface area contributed by atoms with Crippen molar-refractivity contribution in [2.24, 2.45) is 0 Å². The third-order valence-electron chi connectivity index (χ3n) is 1.84. The van der Waals surface area contributed by atoms with E-state index in [1.807, 2.05) is 13.0 Å². The minimum atomic E-state index is -0.213. The van der Waals surface area contributed by atoms with Crippen LogP contribution in [0.25, 0.3) is 0 Å². The van der Waals surface area contributed by atoms with E-state index < -0.39 is 0 Å². The lowest BCUT2D eigenvalue weighted by Crippen LogP contribution is -2.09. The van der Waals surface area contributed by atoms with Crippen LogP contribution in [-0.2, 0) is 9.53 Å². The van der Waals surface area contributed by atoms with Gasteiger partial charge in [-0.2, -0.15) is 0 Å². The molecule has 68 valence electrons. The van der Waals surface area contributed by atoms with E-state index in [-0.39, 0.29) is 18.7 Å². The molecule has 1 N–H and O–H groups in total. The van der Waals surface area contributed by atoms with E-state index in [0.717, 1.165) is 18.4 Å². The molecule has 3 heteroatoms. The molecule has 1 atom stereocenters. The molecule has 1 unspecified atom stereocenters. The van der Waals surface area contributed by atoms with Crippen molar-refractivity contribution in [1.29, 1.82) is 0 Å². The topological polar surface area (TPSA) is 46.5 Å². The Balaban J connectivity index is 2.49. The molecule has 0 aromatic carbocycles. The third-order valence-corrected chi connectivity index (χ3v) is 1.84. The molecule has 0 saturated heterocycles. The van der Waals surface area contributed by atoms with Crippen LogP contribution >= 0.6 is 0 Å². The lowest BCUT2D eigenvalue weighted by atomic mass is 10.1. The average molecular weight is 170 g/mol. The summed E-state index contributed by atoms with van der Waals surface area (Å²) in [5, 5.41) is 8.61. The van der Waals surface area contributed by atoms with Crippen molar-refractivity contribution in [3.05, 3.63) is 11.6 Å². The molecular formula is C9H14O3. The minimum Gasteiger partial charge on any atom is -0.455 e. The number of hydrogen-bond acceptors (Lipinski definition) is 3. The molecule has 0 aliphatic carbocycles. The van der Waals surface area contributed by atoms with Gasteiger partial charge in [0.05, 0.1) is 0 Å². The maximum atomic E-state index is 11.1. The summed E-state index contributed by atoms with van der Waals surface area (Å²) in [6, 6.07) is 0. The van der Waals surface area contributed by atoms with E-state index in [2.05, 4.69) is 0 Å². The van der Waals surface area contributed by atoms with E-state index in [9.17, 15) is 4.79 Å². The number of rotatable bonds is 4. The van der Waals surface area contributed by atoms with Crippen LogP contribution in [-0.4, -0.2) is 23.8 Å². The van der Waals surface area contributed by atoms with E-state index in [1.165, 1.54) is 0 Å². The van der Waals surface area contributed by atoms with Crippen LogP contribution in [0.15, 0.2) is 11.6 Å². The predicted octanol–water partition coefficient (Wildman–Crippen LogP) is 1.02. The minimum absolute atomic E-state index is 0.0633. The molecule has 0 radical (unpaired) electrons. The van der Waals surface area contributed by atoms with Crippen LogP contribution in [0, 0.1) is 0 Å². The van der Waals surface area contributed by atoms with Crippen LogP contribution in [0.1, 0.15) is 26.2 Å². The monoisotopic (exact) mass is 170 g/mol. The fourth-order valence-corrected chi connectivity index (χ4v) is 1.26. The van der Waals surface area contributed by atoms with Gasteiger partial charge < -0.3 is 9.84 Å². The number of carbonyl (C=O) groups excluding carboxylic acids is 1. The SMILES string of the molecule is CCCC1=CC(CCO)OC1=O. The van der Waals surface area contributed by atoms with E-state index in [1.54, 1.807) is 0 Å². The van der Waals surface area contributed by atoms with Gasteiger partial charge in [0.25, 0.3) is 0 Å². The van der Waals surface area contributed by atoms with Crippen molar-refractivity contribution < 1.29 is 14.6 Å². The Hall–Kier alpha value is -0.830. The summed E-state index contributed by atoms with van der Waals surface area (Å²) in [6.45, 7) is 2.08. The molecule has 0 aromatic heterocycles. The van der Waals surface area contributed by atoms with E-state index in [0.29, 0.717) is 6.42 Å². The van der Waals surface area contributed by atoms with Gasteiger partial charge in [0.2, 0.25) is 0 Å². The van der Waals surface area contributed by atoms with Crippen LogP contribution in [0.5, 0.6) is 0 Å². The maximum absolute atomic E-state index is 11.1. The normalized spacial score (nSPS) is 22.3. The predicted molar refractivity (Wildman–Crippen MR) is 44.6 cm³/mol. The van der Waals surface area contributed by atoms with Gasteiger partial charge in [-0.3, -0.25) is 0 Å². The zero-order valence-electron chi connectivity index (χ0n) is 7.25. The molecule has 1 heterocycles. The first-order chi connectivity index (χ1) is 5.77. The summed E-state index contributed by atoms with van der Waals surface area (Å²) in [6.07, 6.45) is 3.87. The Bertz CT molecular complexity index is 196. The molecule has 0 amide bonds. The van der Waals surface area contributed by atoms with Crippen molar-refractivity contribution in [1.82, 2.24) is 0 Å². The fraction of sp³-hybridized carbons (Fsp3) is 0.667. The summed E-state index contributed by atoms with van der Waals surface area (Å²) in [4.78, 5) is 11.1. The van der Waals surface area contributed by atoms with Gasteiger partial charge in [0.1, 0.15) is 6.10 Å². The molecule has 0 spiro atoms. The quantitative estimate of drug-likeness (QED) is 0.641. The van der Waals surface area contributed by atoms with Gasteiger partial charge in [0.15, 0.2) is 0 Å². The lowest BCUT2D eigenvalue weighted by molar-refractivity contribution is -0.140. The second-order valence-electron chi connectivity index (χ2n) is 2.90. The zero-order valence-corrected chi connectivity index (χ0v) is 7.25. The molecule has 1 aliphatic heterocycles. The maximum Gasteiger partial charge on any atom is 0.334 e. The summed E-state index contributed by atoms with van der Waals surface area (Å²) >= 11 is 0. The largest absolute Gasteiger partial charge is 0.455 e. The number of aliphatic hydroxyl groups is 1. The Kier molecular flexibility index (Phi) is 3.29. The molecule has 0 saturated carbocycles. The molecular weight excluding hydrogens is 156 g/mol. The second-order valence-corrected chi connectivity index (χ2v) is 2.90. The highest BCUT2D eigenvalue weighted by molar-refractivity contribution is 5.90. The summed E-state index contributed by atoms with van der Waals surface area (Å²) < 4.78 is 4.98. The van der Waals surface area contributed by atoms with Crippen molar-refractivity contribution >= 4 is 5.97 Å². The number of cyclic esters (lactones) is 1. The highest BCUT2D eigenvalue weighted by Gasteiger charge is 2.23. The Morgan fingerprint density at radius 1 is 1.67 bits per heavy atom. The molecule has 0 bridgehead atoms. The Morgan fingerprint density at radius 3 is 3.00 bits per heavy atom. The molecule has 0 aromatic rings. The number of aliphatic hydroxyl groups excluding tert-OH is 1. The molecule has 12 heavy (non-hydrogen) atoms. The van der Waals surface area contributed by atoms with Gasteiger partial charge in [-0.15, -0.1) is 0 Å². The third kappa shape index (κ3) is 2.08. The number of carbonyl (C=O) groups is 1. The molecule has 3 nitrogen and oxygen atoms in total. The number of hydrogen-bond donors (Lipinski definition) is 1. The first-order valence-electron chi connectivity index (χ1n) is 4.30. The van der Waals surface area contributed by atoms with Crippen molar-refractivity contribution in [3.8, 4) is 0 Å². The van der Waals surface area contributed by atoms with Gasteiger partial charge in [-0.25, -0.2) is 4.79 Å². The molecule has 1 rings (SSSR count). The van der Waals surface area contributed by atoms with Crippen molar-refractivity contribution in [2.75, 3.05) is 6.61 Å². The zero-order chi connectivity index (χ0) is 8.97. The van der Waals surface area contributed by atoms with Gasteiger partial charge in [-0.05, 0) is 12.5 Å². The van der Waals surface area contributed by atoms with Crippen molar-refractivity contribution in [3.63, 3.8) is 0 Å². The van der Waals surface area contributed by atoms with E-state index >= 15 is 0 Å².